The SMILES string of the molecule is CC1C(=O)OC2=C1C1OC(=O)C3CCCC(O)(C2)C31C. The molecule has 20 heavy (non-hydrogen) atoms. The molecule has 1 saturated carbocycles. The van der Waals surface area contributed by atoms with Gasteiger partial charge in [0, 0.05) is 12.0 Å². The predicted octanol–water partition coefficient (Wildman–Crippen LogP) is 1.30. The lowest BCUT2D eigenvalue weighted by Crippen LogP contribution is -2.59. The first-order valence-corrected chi connectivity index (χ1v) is 7.26. The molecule has 108 valence electrons. The summed E-state index contributed by atoms with van der Waals surface area (Å²) in [6.45, 7) is 3.72. The number of esters is 2. The highest BCUT2D eigenvalue weighted by Crippen LogP contribution is 2.63. The molecule has 0 bridgehead atoms. The minimum absolute atomic E-state index is 0.240. The number of aliphatic hydroxyl groups is 1. The Morgan fingerprint density at radius 1 is 1.30 bits per heavy atom. The molecule has 0 aromatic rings. The van der Waals surface area contributed by atoms with Gasteiger partial charge < -0.3 is 14.6 Å². The van der Waals surface area contributed by atoms with Crippen LogP contribution in [0.15, 0.2) is 11.3 Å². The summed E-state index contributed by atoms with van der Waals surface area (Å²) < 4.78 is 10.9. The predicted molar refractivity (Wildman–Crippen MR) is 67.2 cm³/mol. The molecule has 2 heterocycles. The third kappa shape index (κ3) is 1.14. The Balaban J connectivity index is 1.91. The van der Waals surface area contributed by atoms with Crippen LogP contribution in [0.2, 0.25) is 0 Å². The molecular weight excluding hydrogens is 260 g/mol. The average molecular weight is 278 g/mol. The van der Waals surface area contributed by atoms with Crippen LogP contribution >= 0.6 is 0 Å². The van der Waals surface area contributed by atoms with Crippen LogP contribution in [0, 0.1) is 17.3 Å². The number of ether oxygens (including phenoxy) is 2. The second-order valence-corrected chi connectivity index (χ2v) is 6.77. The molecule has 0 amide bonds. The van der Waals surface area contributed by atoms with Gasteiger partial charge in [0.05, 0.1) is 22.9 Å². The van der Waals surface area contributed by atoms with Crippen molar-refractivity contribution in [2.24, 2.45) is 17.3 Å². The van der Waals surface area contributed by atoms with Crippen LogP contribution in [-0.2, 0) is 19.1 Å². The van der Waals surface area contributed by atoms with E-state index in [1.165, 1.54) is 0 Å². The molecule has 0 aromatic carbocycles. The summed E-state index contributed by atoms with van der Waals surface area (Å²) in [6, 6.07) is 0. The topological polar surface area (TPSA) is 72.8 Å². The van der Waals surface area contributed by atoms with Crippen molar-refractivity contribution in [2.75, 3.05) is 0 Å². The third-order valence-electron chi connectivity index (χ3n) is 5.97. The molecule has 2 aliphatic carbocycles. The molecule has 5 heteroatoms. The maximum Gasteiger partial charge on any atom is 0.318 e. The van der Waals surface area contributed by atoms with Crippen LogP contribution in [0.4, 0.5) is 0 Å². The summed E-state index contributed by atoms with van der Waals surface area (Å²) in [5.74, 6) is -0.674. The van der Waals surface area contributed by atoms with Crippen LogP contribution in [0.25, 0.3) is 0 Å². The first kappa shape index (κ1) is 12.4. The summed E-state index contributed by atoms with van der Waals surface area (Å²) in [5.41, 5.74) is -0.876. The van der Waals surface area contributed by atoms with Crippen LogP contribution in [0.5, 0.6) is 0 Å². The number of hydrogen-bond donors (Lipinski definition) is 1. The number of rotatable bonds is 0. The van der Waals surface area contributed by atoms with E-state index in [1.54, 1.807) is 6.92 Å². The van der Waals surface area contributed by atoms with Crippen molar-refractivity contribution in [2.45, 2.75) is 51.2 Å². The van der Waals surface area contributed by atoms with E-state index < -0.39 is 17.1 Å². The van der Waals surface area contributed by atoms with Crippen molar-refractivity contribution < 1.29 is 24.2 Å². The van der Waals surface area contributed by atoms with Crippen molar-refractivity contribution in [3.05, 3.63) is 11.3 Å². The zero-order valence-corrected chi connectivity index (χ0v) is 11.6. The van der Waals surface area contributed by atoms with Gasteiger partial charge in [0.2, 0.25) is 0 Å². The molecule has 0 spiro atoms. The molecule has 2 fully saturated rings. The van der Waals surface area contributed by atoms with Crippen LogP contribution < -0.4 is 0 Å². The second kappa shape index (κ2) is 3.45. The molecule has 4 aliphatic rings. The van der Waals surface area contributed by atoms with Crippen molar-refractivity contribution in [1.29, 1.82) is 0 Å². The number of hydrogen-bond acceptors (Lipinski definition) is 5. The quantitative estimate of drug-likeness (QED) is 0.676. The van der Waals surface area contributed by atoms with Crippen molar-refractivity contribution >= 4 is 11.9 Å². The fraction of sp³-hybridized carbons (Fsp3) is 0.733. The van der Waals surface area contributed by atoms with E-state index in [9.17, 15) is 14.7 Å². The lowest BCUT2D eigenvalue weighted by molar-refractivity contribution is -0.153. The molecule has 0 radical (unpaired) electrons. The molecular formula is C15H18O5. The van der Waals surface area contributed by atoms with Gasteiger partial charge in [-0.3, -0.25) is 9.59 Å². The molecule has 1 N–H and O–H groups in total. The fourth-order valence-electron chi connectivity index (χ4n) is 4.68. The molecule has 0 aromatic heterocycles. The standard InChI is InChI=1S/C15H18O5/c1-7-10-9(19-12(7)16)6-15(18)5-3-4-8-13(17)20-11(10)14(8,15)2/h7-8,11,18H,3-6H2,1-2H3. The van der Waals surface area contributed by atoms with Gasteiger partial charge in [0.25, 0.3) is 0 Å². The van der Waals surface area contributed by atoms with Gasteiger partial charge in [-0.05, 0) is 26.2 Å². The Morgan fingerprint density at radius 3 is 2.80 bits per heavy atom. The monoisotopic (exact) mass is 278 g/mol. The van der Waals surface area contributed by atoms with E-state index >= 15 is 0 Å². The molecule has 5 atom stereocenters. The zero-order chi connectivity index (χ0) is 14.3. The number of carbonyl (C=O) groups excluding carboxylic acids is 2. The second-order valence-electron chi connectivity index (χ2n) is 6.77. The van der Waals surface area contributed by atoms with Crippen molar-refractivity contribution in [1.82, 2.24) is 0 Å². The average Bonchev–Trinajstić information content (AvgIpc) is 2.78. The maximum absolute atomic E-state index is 12.2. The van der Waals surface area contributed by atoms with E-state index in [-0.39, 0.29) is 23.8 Å². The van der Waals surface area contributed by atoms with Crippen LogP contribution in [0.1, 0.15) is 39.5 Å². The Labute approximate surface area is 116 Å². The highest BCUT2D eigenvalue weighted by atomic mass is 16.6. The van der Waals surface area contributed by atoms with Gasteiger partial charge in [-0.2, -0.15) is 0 Å². The maximum atomic E-state index is 12.2. The smallest absolute Gasteiger partial charge is 0.318 e. The molecule has 5 nitrogen and oxygen atoms in total. The summed E-state index contributed by atoms with van der Waals surface area (Å²) in [6.07, 6.45) is 1.97. The van der Waals surface area contributed by atoms with Crippen LogP contribution in [-0.4, -0.2) is 28.8 Å². The van der Waals surface area contributed by atoms with Crippen molar-refractivity contribution in [3.63, 3.8) is 0 Å². The first-order chi connectivity index (χ1) is 9.38. The number of fused-ring (bicyclic) bond motifs is 1. The summed E-state index contributed by atoms with van der Waals surface area (Å²) in [7, 11) is 0. The highest BCUT2D eigenvalue weighted by Gasteiger charge is 2.70. The first-order valence-electron chi connectivity index (χ1n) is 7.26. The molecule has 2 aliphatic heterocycles. The van der Waals surface area contributed by atoms with Gasteiger partial charge in [-0.25, -0.2) is 0 Å². The summed E-state index contributed by atoms with van der Waals surface area (Å²) in [4.78, 5) is 24.0. The Hall–Kier alpha value is -1.36. The Morgan fingerprint density at radius 2 is 2.05 bits per heavy atom. The largest absolute Gasteiger partial charge is 0.457 e. The summed E-state index contributed by atoms with van der Waals surface area (Å²) in [5, 5.41) is 11.1. The van der Waals surface area contributed by atoms with Gasteiger partial charge in [-0.15, -0.1) is 0 Å². The van der Waals surface area contributed by atoms with E-state index in [4.69, 9.17) is 9.47 Å². The zero-order valence-electron chi connectivity index (χ0n) is 11.6. The minimum atomic E-state index is -1.02. The lowest BCUT2D eigenvalue weighted by Gasteiger charge is -2.52. The summed E-state index contributed by atoms with van der Waals surface area (Å²) >= 11 is 0. The van der Waals surface area contributed by atoms with Gasteiger partial charge in [0.1, 0.15) is 11.9 Å². The highest BCUT2D eigenvalue weighted by molar-refractivity contribution is 5.83. The van der Waals surface area contributed by atoms with E-state index in [1.807, 2.05) is 6.92 Å². The van der Waals surface area contributed by atoms with Gasteiger partial charge >= 0.3 is 11.9 Å². The van der Waals surface area contributed by atoms with Crippen LogP contribution in [0.3, 0.4) is 0 Å². The molecule has 5 unspecified atom stereocenters. The Kier molecular flexibility index (Phi) is 2.14. The molecule has 4 rings (SSSR count). The van der Waals surface area contributed by atoms with Crippen molar-refractivity contribution in [3.8, 4) is 0 Å². The molecule has 1 saturated heterocycles. The Bertz CT molecular complexity index is 565. The minimum Gasteiger partial charge on any atom is -0.457 e. The van der Waals surface area contributed by atoms with E-state index in [2.05, 4.69) is 0 Å². The van der Waals surface area contributed by atoms with Gasteiger partial charge in [0.15, 0.2) is 0 Å². The van der Waals surface area contributed by atoms with E-state index in [0.717, 1.165) is 18.4 Å². The van der Waals surface area contributed by atoms with E-state index in [0.29, 0.717) is 18.6 Å². The fourth-order valence-corrected chi connectivity index (χ4v) is 4.68. The number of carbonyl (C=O) groups is 2. The third-order valence-corrected chi connectivity index (χ3v) is 5.97. The lowest BCUT2D eigenvalue weighted by atomic mass is 9.52. The normalized spacial score (nSPS) is 49.6. The van der Waals surface area contributed by atoms with Gasteiger partial charge in [-0.1, -0.05) is 6.92 Å².